The van der Waals surface area contributed by atoms with Crippen molar-refractivity contribution in [1.29, 1.82) is 0 Å². The zero-order valence-corrected chi connectivity index (χ0v) is 26.7. The van der Waals surface area contributed by atoms with Crippen molar-refractivity contribution in [2.45, 2.75) is 200 Å². The van der Waals surface area contributed by atoms with E-state index in [4.69, 9.17) is 9.47 Å². The predicted molar refractivity (Wildman–Crippen MR) is 169 cm³/mol. The average molecular weight is 555 g/mol. The van der Waals surface area contributed by atoms with Gasteiger partial charge in [0.05, 0.1) is 6.61 Å². The molecule has 0 aromatic carbocycles. The summed E-state index contributed by atoms with van der Waals surface area (Å²) in [4.78, 5) is 11.5. The molecule has 0 saturated heterocycles. The molecule has 0 amide bonds. The molecular formula is C35H70O4. The quantitative estimate of drug-likeness (QED) is 0.0803. The second kappa shape index (κ2) is 33.6. The summed E-state index contributed by atoms with van der Waals surface area (Å²) in [6.45, 7) is 5.89. The number of unbranched alkanes of at least 4 members (excludes halogenated alkanes) is 26. The lowest BCUT2D eigenvalue weighted by molar-refractivity contribution is -0.154. The molecule has 1 atom stereocenters. The molecule has 0 aromatic rings. The molecule has 1 N–H and O–H groups in total. The molecule has 234 valence electrons. The number of ether oxygens (including phenoxy) is 2. The Balaban J connectivity index is 3.38. The Labute approximate surface area is 244 Å². The van der Waals surface area contributed by atoms with Crippen molar-refractivity contribution in [3.05, 3.63) is 0 Å². The molecule has 1 unspecified atom stereocenters. The minimum Gasteiger partial charge on any atom is -0.479 e. The summed E-state index contributed by atoms with van der Waals surface area (Å²) >= 11 is 0. The summed E-state index contributed by atoms with van der Waals surface area (Å²) in [5.41, 5.74) is 0. The van der Waals surface area contributed by atoms with Gasteiger partial charge >= 0.3 is 5.97 Å². The lowest BCUT2D eigenvalue weighted by Crippen LogP contribution is -2.29. The molecule has 0 saturated carbocycles. The van der Waals surface area contributed by atoms with Gasteiger partial charge in [-0.3, -0.25) is 0 Å². The van der Waals surface area contributed by atoms with Gasteiger partial charge in [-0.05, 0) is 12.8 Å². The minimum absolute atomic E-state index is 0.173. The third-order valence-electron chi connectivity index (χ3n) is 8.00. The third-order valence-corrected chi connectivity index (χ3v) is 8.00. The lowest BCUT2D eigenvalue weighted by atomic mass is 10.0. The normalized spacial score (nSPS) is 12.3. The predicted octanol–water partition coefficient (Wildman–Crippen LogP) is 11.4. The summed E-state index contributed by atoms with van der Waals surface area (Å²) in [5.74, 6) is -0.902. The molecule has 39 heavy (non-hydrogen) atoms. The molecule has 0 aliphatic heterocycles. The lowest BCUT2D eigenvalue weighted by Gasteiger charge is -2.14. The van der Waals surface area contributed by atoms with E-state index in [0.29, 0.717) is 13.2 Å². The first kappa shape index (κ1) is 38.4. The topological polar surface area (TPSA) is 55.8 Å². The number of aliphatic carboxylic acids is 1. The second-order valence-electron chi connectivity index (χ2n) is 12.0. The van der Waals surface area contributed by atoms with Crippen LogP contribution in [0.4, 0.5) is 0 Å². The highest BCUT2D eigenvalue weighted by atomic mass is 16.5. The maximum atomic E-state index is 11.5. The van der Waals surface area contributed by atoms with Crippen LogP contribution in [0.15, 0.2) is 0 Å². The van der Waals surface area contributed by atoms with Crippen LogP contribution in [0.3, 0.4) is 0 Å². The molecule has 0 aromatic heterocycles. The first-order chi connectivity index (χ1) is 19.2. The van der Waals surface area contributed by atoms with Crippen molar-refractivity contribution >= 4 is 5.97 Å². The van der Waals surface area contributed by atoms with Gasteiger partial charge in [-0.25, -0.2) is 4.79 Å². The summed E-state index contributed by atoms with van der Waals surface area (Å²) in [7, 11) is 0. The standard InChI is InChI=1S/C35H70O4/c1-3-5-7-9-11-13-15-17-19-21-23-25-27-29-31-38-33-34(35(36)37)39-32-30-28-26-24-22-20-18-16-14-12-10-8-6-4-2/h34H,3-33H2,1-2H3,(H,36,37). The Morgan fingerprint density at radius 1 is 0.462 bits per heavy atom. The zero-order valence-electron chi connectivity index (χ0n) is 26.7. The van der Waals surface area contributed by atoms with Crippen molar-refractivity contribution in [2.75, 3.05) is 19.8 Å². The van der Waals surface area contributed by atoms with Gasteiger partial charge in [0.25, 0.3) is 0 Å². The smallest absolute Gasteiger partial charge is 0.335 e. The summed E-state index contributed by atoms with van der Waals surface area (Å²) in [6.07, 6.45) is 36.4. The minimum atomic E-state index is -0.902. The van der Waals surface area contributed by atoms with Gasteiger partial charge in [0, 0.05) is 13.2 Å². The Bertz CT molecular complexity index is 468. The van der Waals surface area contributed by atoms with Crippen molar-refractivity contribution in [3.8, 4) is 0 Å². The van der Waals surface area contributed by atoms with Crippen molar-refractivity contribution in [2.24, 2.45) is 0 Å². The van der Waals surface area contributed by atoms with E-state index in [-0.39, 0.29) is 6.61 Å². The van der Waals surface area contributed by atoms with E-state index in [1.165, 1.54) is 161 Å². The molecule has 0 fully saturated rings. The van der Waals surface area contributed by atoms with Gasteiger partial charge in [0.1, 0.15) is 0 Å². The van der Waals surface area contributed by atoms with E-state index >= 15 is 0 Å². The molecule has 0 radical (unpaired) electrons. The molecule has 0 spiro atoms. The Morgan fingerprint density at radius 2 is 0.744 bits per heavy atom. The van der Waals surface area contributed by atoms with E-state index in [9.17, 15) is 9.90 Å². The first-order valence-electron chi connectivity index (χ1n) is 17.6. The van der Waals surface area contributed by atoms with Crippen LogP contribution in [0.25, 0.3) is 0 Å². The Hall–Kier alpha value is -0.610. The maximum Gasteiger partial charge on any atom is 0.335 e. The van der Waals surface area contributed by atoms with Crippen LogP contribution in [-0.2, 0) is 14.3 Å². The molecule has 0 aliphatic carbocycles. The fraction of sp³-hybridized carbons (Fsp3) is 0.971. The van der Waals surface area contributed by atoms with Crippen LogP contribution < -0.4 is 0 Å². The van der Waals surface area contributed by atoms with Gasteiger partial charge in [-0.2, -0.15) is 0 Å². The fourth-order valence-corrected chi connectivity index (χ4v) is 5.30. The molecule has 0 rings (SSSR count). The SMILES string of the molecule is CCCCCCCCCCCCCCCCOCC(OCCCCCCCCCCCCCCCC)C(=O)O. The summed E-state index contributed by atoms with van der Waals surface area (Å²) < 4.78 is 11.2. The van der Waals surface area contributed by atoms with Crippen molar-refractivity contribution < 1.29 is 19.4 Å². The van der Waals surface area contributed by atoms with Gasteiger partial charge in [-0.15, -0.1) is 0 Å². The largest absolute Gasteiger partial charge is 0.479 e. The van der Waals surface area contributed by atoms with Crippen LogP contribution in [0.1, 0.15) is 194 Å². The number of hydrogen-bond acceptors (Lipinski definition) is 3. The van der Waals surface area contributed by atoms with Crippen LogP contribution >= 0.6 is 0 Å². The first-order valence-corrected chi connectivity index (χ1v) is 17.6. The molecule has 4 heteroatoms. The molecule has 0 heterocycles. The molecular weight excluding hydrogens is 484 g/mol. The Morgan fingerprint density at radius 3 is 1.05 bits per heavy atom. The third kappa shape index (κ3) is 31.8. The van der Waals surface area contributed by atoms with E-state index in [1.807, 2.05) is 0 Å². The highest BCUT2D eigenvalue weighted by Gasteiger charge is 2.17. The molecule has 0 aliphatic rings. The van der Waals surface area contributed by atoms with Gasteiger partial charge < -0.3 is 14.6 Å². The molecule has 0 bridgehead atoms. The van der Waals surface area contributed by atoms with Gasteiger partial charge in [-0.1, -0.05) is 181 Å². The van der Waals surface area contributed by atoms with E-state index in [0.717, 1.165) is 19.3 Å². The van der Waals surface area contributed by atoms with Gasteiger partial charge in [0.2, 0.25) is 0 Å². The zero-order chi connectivity index (χ0) is 28.5. The van der Waals surface area contributed by atoms with Crippen molar-refractivity contribution in [3.63, 3.8) is 0 Å². The Kier molecular flexibility index (Phi) is 33.1. The van der Waals surface area contributed by atoms with Crippen LogP contribution in [0, 0.1) is 0 Å². The fourth-order valence-electron chi connectivity index (χ4n) is 5.30. The highest BCUT2D eigenvalue weighted by Crippen LogP contribution is 2.14. The highest BCUT2D eigenvalue weighted by molar-refractivity contribution is 5.72. The number of carboxylic acids is 1. The van der Waals surface area contributed by atoms with Crippen LogP contribution in [0.2, 0.25) is 0 Å². The van der Waals surface area contributed by atoms with Gasteiger partial charge in [0.15, 0.2) is 6.10 Å². The summed E-state index contributed by atoms with van der Waals surface area (Å²) in [6, 6.07) is 0. The number of rotatable bonds is 34. The second-order valence-corrected chi connectivity index (χ2v) is 12.0. The maximum absolute atomic E-state index is 11.5. The van der Waals surface area contributed by atoms with Crippen LogP contribution in [-0.4, -0.2) is 37.0 Å². The number of carbonyl (C=O) groups is 1. The van der Waals surface area contributed by atoms with E-state index < -0.39 is 12.1 Å². The number of hydrogen-bond donors (Lipinski definition) is 1. The number of carboxylic acid groups (broad SMARTS) is 1. The average Bonchev–Trinajstić information content (AvgIpc) is 2.93. The van der Waals surface area contributed by atoms with Crippen LogP contribution in [0.5, 0.6) is 0 Å². The van der Waals surface area contributed by atoms with Crippen molar-refractivity contribution in [1.82, 2.24) is 0 Å². The van der Waals surface area contributed by atoms with E-state index in [1.54, 1.807) is 0 Å². The molecule has 4 nitrogen and oxygen atoms in total. The summed E-state index contributed by atoms with van der Waals surface area (Å²) in [5, 5.41) is 9.41. The van der Waals surface area contributed by atoms with E-state index in [2.05, 4.69) is 13.8 Å². The monoisotopic (exact) mass is 555 g/mol.